The van der Waals surface area contributed by atoms with Gasteiger partial charge in [0, 0.05) is 24.8 Å². The summed E-state index contributed by atoms with van der Waals surface area (Å²) in [5, 5.41) is 4.45. The number of imidazole rings is 1. The molecule has 7 nitrogen and oxygen atoms in total. The smallest absolute Gasteiger partial charge is 0.287 e. The Balaban J connectivity index is 1.85. The van der Waals surface area contributed by atoms with Gasteiger partial charge >= 0.3 is 5.69 Å². The van der Waals surface area contributed by atoms with Crippen LogP contribution in [0.3, 0.4) is 0 Å². The first-order valence-electron chi connectivity index (χ1n) is 7.20. The molecule has 23 heavy (non-hydrogen) atoms. The Hall–Kier alpha value is -3.22. The molecular formula is C16H14N6O. The monoisotopic (exact) mass is 306 g/mol. The molecule has 0 saturated heterocycles. The van der Waals surface area contributed by atoms with E-state index in [-0.39, 0.29) is 5.69 Å². The fourth-order valence-electron chi connectivity index (χ4n) is 2.59. The number of hydrogen-bond donors (Lipinski definition) is 0. The summed E-state index contributed by atoms with van der Waals surface area (Å²) in [4.78, 5) is 20.9. The molecule has 4 rings (SSSR count). The van der Waals surface area contributed by atoms with E-state index in [1.165, 1.54) is 9.08 Å². The molecule has 3 aromatic heterocycles. The number of rotatable bonds is 3. The molecule has 0 saturated carbocycles. The number of benzene rings is 1. The maximum Gasteiger partial charge on any atom is 0.350 e. The topological polar surface area (TPSA) is 70.0 Å². The van der Waals surface area contributed by atoms with Crippen molar-refractivity contribution in [3.8, 4) is 5.82 Å². The molecule has 0 atom stereocenters. The first-order valence-corrected chi connectivity index (χ1v) is 7.20. The average molecular weight is 306 g/mol. The first kappa shape index (κ1) is 13.4. The lowest BCUT2D eigenvalue weighted by atomic mass is 10.1. The molecule has 0 bridgehead atoms. The Morgan fingerprint density at radius 1 is 1.17 bits per heavy atom. The second kappa shape index (κ2) is 5.20. The van der Waals surface area contributed by atoms with Gasteiger partial charge in [0.15, 0.2) is 5.82 Å². The molecule has 114 valence electrons. The third kappa shape index (κ3) is 2.32. The molecule has 1 aromatic carbocycles. The van der Waals surface area contributed by atoms with Crippen LogP contribution in [0.5, 0.6) is 0 Å². The fourth-order valence-corrected chi connectivity index (χ4v) is 2.59. The average Bonchev–Trinajstić information content (AvgIpc) is 3.17. The van der Waals surface area contributed by atoms with Gasteiger partial charge in [-0.3, -0.25) is 4.57 Å². The van der Waals surface area contributed by atoms with Gasteiger partial charge in [-0.1, -0.05) is 29.8 Å². The maximum absolute atomic E-state index is 12.6. The molecule has 7 heteroatoms. The highest BCUT2D eigenvalue weighted by Crippen LogP contribution is 2.10. The lowest BCUT2D eigenvalue weighted by Gasteiger charge is -2.01. The van der Waals surface area contributed by atoms with Crippen molar-refractivity contribution in [2.75, 3.05) is 0 Å². The van der Waals surface area contributed by atoms with E-state index < -0.39 is 0 Å². The molecule has 0 fully saturated rings. The zero-order valence-electron chi connectivity index (χ0n) is 12.5. The van der Waals surface area contributed by atoms with Crippen LogP contribution < -0.4 is 5.69 Å². The Bertz CT molecular complexity index is 1030. The minimum Gasteiger partial charge on any atom is -0.287 e. The number of fused-ring (bicyclic) bond motifs is 1. The van der Waals surface area contributed by atoms with E-state index in [0.717, 1.165) is 11.1 Å². The second-order valence-electron chi connectivity index (χ2n) is 5.34. The standard InChI is InChI=1S/C16H14N6O/c1-12-3-2-4-13(9-12)10-22-16(23)21-8-6-18-14(15(21)19-22)20-7-5-17-11-20/h2-9,11H,10H2,1H3. The predicted molar refractivity (Wildman–Crippen MR) is 84.7 cm³/mol. The molecule has 4 aromatic rings. The minimum absolute atomic E-state index is 0.190. The van der Waals surface area contributed by atoms with Crippen LogP contribution in [0.25, 0.3) is 11.5 Å². The SMILES string of the molecule is Cc1cccc(Cn2nc3c(-n4ccnc4)nccn3c2=O)c1. The quantitative estimate of drug-likeness (QED) is 0.574. The lowest BCUT2D eigenvalue weighted by molar-refractivity contribution is 0.658. The molecule has 0 spiro atoms. The number of hydrogen-bond acceptors (Lipinski definition) is 4. The molecule has 0 N–H and O–H groups in total. The van der Waals surface area contributed by atoms with E-state index in [2.05, 4.69) is 15.1 Å². The van der Waals surface area contributed by atoms with Crippen molar-refractivity contribution in [3.63, 3.8) is 0 Å². The van der Waals surface area contributed by atoms with Crippen molar-refractivity contribution in [2.45, 2.75) is 13.5 Å². The van der Waals surface area contributed by atoms with Gasteiger partial charge in [-0.25, -0.2) is 23.8 Å². The zero-order chi connectivity index (χ0) is 15.8. The van der Waals surface area contributed by atoms with Crippen LogP contribution in [-0.4, -0.2) is 28.7 Å². The molecule has 0 aliphatic carbocycles. The molecule has 0 amide bonds. The Kier molecular flexibility index (Phi) is 3.04. The minimum atomic E-state index is -0.190. The van der Waals surface area contributed by atoms with Gasteiger partial charge in [-0.15, -0.1) is 5.10 Å². The summed E-state index contributed by atoms with van der Waals surface area (Å²) in [5.41, 5.74) is 2.50. The highest BCUT2D eigenvalue weighted by Gasteiger charge is 2.13. The van der Waals surface area contributed by atoms with Crippen LogP contribution in [0.1, 0.15) is 11.1 Å². The van der Waals surface area contributed by atoms with Crippen LogP contribution in [0.2, 0.25) is 0 Å². The van der Waals surface area contributed by atoms with E-state index in [0.29, 0.717) is 18.0 Å². The third-order valence-corrected chi connectivity index (χ3v) is 3.65. The summed E-state index contributed by atoms with van der Waals surface area (Å²) in [6, 6.07) is 8.03. The number of aryl methyl sites for hydroxylation is 1. The lowest BCUT2D eigenvalue weighted by Crippen LogP contribution is -2.21. The van der Waals surface area contributed by atoms with Crippen LogP contribution in [0, 0.1) is 6.92 Å². The number of nitrogens with zero attached hydrogens (tertiary/aromatic N) is 6. The predicted octanol–water partition coefficient (Wildman–Crippen LogP) is 1.43. The van der Waals surface area contributed by atoms with Gasteiger partial charge in [-0.2, -0.15) is 0 Å². The van der Waals surface area contributed by atoms with Crippen molar-refractivity contribution in [1.82, 2.24) is 28.7 Å². The summed E-state index contributed by atoms with van der Waals surface area (Å²) in [6.07, 6.45) is 8.27. The van der Waals surface area contributed by atoms with E-state index in [1.54, 1.807) is 35.7 Å². The van der Waals surface area contributed by atoms with E-state index in [9.17, 15) is 4.79 Å². The summed E-state index contributed by atoms with van der Waals surface area (Å²) in [7, 11) is 0. The summed E-state index contributed by atoms with van der Waals surface area (Å²) < 4.78 is 4.68. The van der Waals surface area contributed by atoms with Crippen molar-refractivity contribution in [2.24, 2.45) is 0 Å². The first-order chi connectivity index (χ1) is 11.2. The summed E-state index contributed by atoms with van der Waals surface area (Å²) in [5.74, 6) is 0.574. The molecule has 0 aliphatic heterocycles. The van der Waals surface area contributed by atoms with Crippen LogP contribution in [0.4, 0.5) is 0 Å². The highest BCUT2D eigenvalue weighted by molar-refractivity contribution is 5.53. The van der Waals surface area contributed by atoms with Gasteiger partial charge in [0.1, 0.15) is 6.33 Å². The molecule has 0 aliphatic rings. The largest absolute Gasteiger partial charge is 0.350 e. The van der Waals surface area contributed by atoms with E-state index in [4.69, 9.17) is 0 Å². The van der Waals surface area contributed by atoms with Gasteiger partial charge in [0.2, 0.25) is 5.65 Å². The van der Waals surface area contributed by atoms with Crippen LogP contribution in [0.15, 0.2) is 60.2 Å². The summed E-state index contributed by atoms with van der Waals surface area (Å²) >= 11 is 0. The zero-order valence-corrected chi connectivity index (χ0v) is 12.5. The van der Waals surface area contributed by atoms with Gasteiger partial charge in [-0.05, 0) is 12.5 Å². The van der Waals surface area contributed by atoms with E-state index >= 15 is 0 Å². The van der Waals surface area contributed by atoms with E-state index in [1.807, 2.05) is 31.2 Å². The van der Waals surface area contributed by atoms with Gasteiger partial charge in [0.05, 0.1) is 6.54 Å². The number of aromatic nitrogens is 6. The molecule has 3 heterocycles. The van der Waals surface area contributed by atoms with Crippen LogP contribution in [-0.2, 0) is 6.54 Å². The van der Waals surface area contributed by atoms with Crippen molar-refractivity contribution < 1.29 is 0 Å². The normalized spacial score (nSPS) is 11.2. The van der Waals surface area contributed by atoms with Crippen molar-refractivity contribution in [1.29, 1.82) is 0 Å². The van der Waals surface area contributed by atoms with Crippen molar-refractivity contribution in [3.05, 3.63) is 77.0 Å². The van der Waals surface area contributed by atoms with Gasteiger partial charge in [0.25, 0.3) is 0 Å². The maximum atomic E-state index is 12.6. The highest BCUT2D eigenvalue weighted by atomic mass is 16.2. The molecule has 0 unspecified atom stereocenters. The Morgan fingerprint density at radius 2 is 2.09 bits per heavy atom. The van der Waals surface area contributed by atoms with Crippen LogP contribution >= 0.6 is 0 Å². The Labute approximate surface area is 131 Å². The van der Waals surface area contributed by atoms with Crippen molar-refractivity contribution >= 4 is 5.65 Å². The fraction of sp³-hybridized carbons (Fsp3) is 0.125. The molecule has 0 radical (unpaired) electrons. The Morgan fingerprint density at radius 3 is 2.87 bits per heavy atom. The summed E-state index contributed by atoms with van der Waals surface area (Å²) in [6.45, 7) is 2.45. The second-order valence-corrected chi connectivity index (χ2v) is 5.34. The molecular weight excluding hydrogens is 292 g/mol. The van der Waals surface area contributed by atoms with Gasteiger partial charge < -0.3 is 0 Å². The third-order valence-electron chi connectivity index (χ3n) is 3.65.